The SMILES string of the molecule is Cc1cc(OP(=O)(O)Oc2ccc(C(=O)C=Cc3ccccc3)c(C)c2)ccc1C(=O)C=Cc1ccccc1. The van der Waals surface area contributed by atoms with Crippen LogP contribution in [0.4, 0.5) is 0 Å². The molecule has 0 aromatic heterocycles. The topological polar surface area (TPSA) is 89.9 Å². The van der Waals surface area contributed by atoms with Crippen molar-refractivity contribution in [2.45, 2.75) is 13.8 Å². The first-order valence-electron chi connectivity index (χ1n) is 12.2. The van der Waals surface area contributed by atoms with E-state index in [2.05, 4.69) is 0 Å². The quantitative estimate of drug-likeness (QED) is 0.127. The predicted molar refractivity (Wildman–Crippen MR) is 153 cm³/mol. The zero-order valence-electron chi connectivity index (χ0n) is 21.5. The van der Waals surface area contributed by atoms with Crippen LogP contribution in [0, 0.1) is 13.8 Å². The molecule has 0 unspecified atom stereocenters. The number of rotatable bonds is 10. The average Bonchev–Trinajstić information content (AvgIpc) is 2.91. The first-order valence-corrected chi connectivity index (χ1v) is 13.7. The van der Waals surface area contributed by atoms with Crippen molar-refractivity contribution in [2.75, 3.05) is 0 Å². The molecule has 0 bridgehead atoms. The van der Waals surface area contributed by atoms with E-state index in [0.29, 0.717) is 22.3 Å². The van der Waals surface area contributed by atoms with E-state index >= 15 is 0 Å². The van der Waals surface area contributed by atoms with Crippen LogP contribution in [-0.4, -0.2) is 16.5 Å². The second-order valence-electron chi connectivity index (χ2n) is 8.82. The van der Waals surface area contributed by atoms with Gasteiger partial charge in [-0.2, -0.15) is 0 Å². The third-order valence-corrected chi connectivity index (χ3v) is 6.70. The lowest BCUT2D eigenvalue weighted by molar-refractivity contribution is 0.103. The normalized spacial score (nSPS) is 12.8. The zero-order valence-corrected chi connectivity index (χ0v) is 22.4. The molecule has 0 amide bonds. The molecule has 0 aliphatic heterocycles. The van der Waals surface area contributed by atoms with Crippen LogP contribution in [0.3, 0.4) is 0 Å². The number of allylic oxidation sites excluding steroid dienone is 2. The van der Waals surface area contributed by atoms with Crippen molar-refractivity contribution >= 4 is 31.5 Å². The van der Waals surface area contributed by atoms with Gasteiger partial charge in [0.25, 0.3) is 0 Å². The van der Waals surface area contributed by atoms with Gasteiger partial charge in [0.1, 0.15) is 11.5 Å². The fraction of sp³-hybridized carbons (Fsp3) is 0.0625. The van der Waals surface area contributed by atoms with Gasteiger partial charge in [-0.1, -0.05) is 72.8 Å². The molecule has 4 rings (SSSR count). The maximum Gasteiger partial charge on any atom is 0.584 e. The molecule has 0 atom stereocenters. The van der Waals surface area contributed by atoms with E-state index in [4.69, 9.17) is 9.05 Å². The molecule has 1 N–H and O–H groups in total. The Balaban J connectivity index is 1.40. The molecule has 0 saturated carbocycles. The summed E-state index contributed by atoms with van der Waals surface area (Å²) in [5.41, 5.74) is 3.85. The van der Waals surface area contributed by atoms with E-state index < -0.39 is 7.82 Å². The number of benzene rings is 4. The monoisotopic (exact) mass is 538 g/mol. The van der Waals surface area contributed by atoms with Crippen LogP contribution >= 0.6 is 7.82 Å². The van der Waals surface area contributed by atoms with Gasteiger partial charge in [-0.3, -0.25) is 14.5 Å². The van der Waals surface area contributed by atoms with Gasteiger partial charge in [0.15, 0.2) is 11.6 Å². The van der Waals surface area contributed by atoms with Gasteiger partial charge in [-0.15, -0.1) is 0 Å². The fourth-order valence-corrected chi connectivity index (χ4v) is 4.67. The Morgan fingerprint density at radius 3 is 1.38 bits per heavy atom. The molecule has 7 heteroatoms. The smallest absolute Gasteiger partial charge is 0.395 e. The third-order valence-electron chi connectivity index (χ3n) is 5.82. The van der Waals surface area contributed by atoms with Crippen molar-refractivity contribution in [1.29, 1.82) is 0 Å². The van der Waals surface area contributed by atoms with Gasteiger partial charge in [0.2, 0.25) is 0 Å². The molecule has 0 radical (unpaired) electrons. The van der Waals surface area contributed by atoms with Crippen molar-refractivity contribution in [3.8, 4) is 11.5 Å². The molecule has 0 aliphatic carbocycles. The van der Waals surface area contributed by atoms with E-state index in [0.717, 1.165) is 11.1 Å². The lowest BCUT2D eigenvalue weighted by atomic mass is 10.0. The maximum absolute atomic E-state index is 12.7. The van der Waals surface area contributed by atoms with E-state index in [1.165, 1.54) is 48.6 Å². The van der Waals surface area contributed by atoms with Crippen molar-refractivity contribution in [3.63, 3.8) is 0 Å². The molecular formula is C32H27O6P. The van der Waals surface area contributed by atoms with Gasteiger partial charge in [0.05, 0.1) is 0 Å². The molecule has 0 saturated heterocycles. The van der Waals surface area contributed by atoms with Crippen LogP contribution in [-0.2, 0) is 4.57 Å². The van der Waals surface area contributed by atoms with Gasteiger partial charge in [0, 0.05) is 11.1 Å². The van der Waals surface area contributed by atoms with E-state index in [-0.39, 0.29) is 23.1 Å². The number of carbonyl (C=O) groups is 2. The van der Waals surface area contributed by atoms with E-state index in [9.17, 15) is 19.0 Å². The Bertz CT molecular complexity index is 1470. The summed E-state index contributed by atoms with van der Waals surface area (Å²) in [6.07, 6.45) is 6.41. The fourth-order valence-electron chi connectivity index (χ4n) is 3.88. The molecule has 196 valence electrons. The minimum atomic E-state index is -4.56. The summed E-state index contributed by atoms with van der Waals surface area (Å²) < 4.78 is 23.2. The number of aryl methyl sites for hydroxylation is 2. The standard InChI is InChI=1S/C32H27O6P/c1-23-21-27(15-17-29(23)31(33)19-13-25-9-5-3-6-10-25)37-39(35,36)38-28-16-18-30(24(2)22-28)32(34)20-14-26-11-7-4-8-12-26/h3-22H,1-2H3,(H,35,36). The number of phosphoric ester groups is 1. The molecule has 39 heavy (non-hydrogen) atoms. The van der Waals surface area contributed by atoms with Gasteiger partial charge in [-0.25, -0.2) is 4.57 Å². The molecule has 6 nitrogen and oxygen atoms in total. The Kier molecular flexibility index (Phi) is 8.72. The number of hydrogen-bond donors (Lipinski definition) is 1. The second-order valence-corrected chi connectivity index (χ2v) is 10.1. The molecule has 4 aromatic carbocycles. The largest absolute Gasteiger partial charge is 0.584 e. The highest BCUT2D eigenvalue weighted by Crippen LogP contribution is 2.45. The van der Waals surface area contributed by atoms with E-state index in [1.54, 1.807) is 26.0 Å². The van der Waals surface area contributed by atoms with Crippen LogP contribution in [0.25, 0.3) is 12.2 Å². The summed E-state index contributed by atoms with van der Waals surface area (Å²) in [5.74, 6) is -0.238. The average molecular weight is 539 g/mol. The summed E-state index contributed by atoms with van der Waals surface area (Å²) in [6.45, 7) is 3.43. The van der Waals surface area contributed by atoms with Crippen LogP contribution < -0.4 is 9.05 Å². The highest BCUT2D eigenvalue weighted by atomic mass is 31.2. The van der Waals surface area contributed by atoms with Crippen molar-refractivity contribution in [2.24, 2.45) is 0 Å². The second kappa shape index (κ2) is 12.4. The van der Waals surface area contributed by atoms with Crippen LogP contribution in [0.5, 0.6) is 11.5 Å². The molecule has 0 fully saturated rings. The summed E-state index contributed by atoms with van der Waals surface area (Å²) in [6, 6.07) is 27.9. The Hall–Kier alpha value is -4.51. The van der Waals surface area contributed by atoms with Gasteiger partial charge in [-0.05, 0) is 84.7 Å². The summed E-state index contributed by atoms with van der Waals surface area (Å²) >= 11 is 0. The molecule has 4 aromatic rings. The minimum Gasteiger partial charge on any atom is -0.395 e. The Morgan fingerprint density at radius 2 is 1.03 bits per heavy atom. The molecule has 0 aliphatic rings. The zero-order chi connectivity index (χ0) is 27.8. The molecule has 0 spiro atoms. The highest BCUT2D eigenvalue weighted by Gasteiger charge is 2.26. The molecule has 0 heterocycles. The van der Waals surface area contributed by atoms with Gasteiger partial charge >= 0.3 is 7.82 Å². The predicted octanol–water partition coefficient (Wildman–Crippen LogP) is 7.65. The number of carbonyl (C=O) groups excluding carboxylic acids is 2. The van der Waals surface area contributed by atoms with Crippen molar-refractivity contribution < 1.29 is 28.1 Å². The van der Waals surface area contributed by atoms with Gasteiger partial charge < -0.3 is 9.05 Å². The lowest BCUT2D eigenvalue weighted by Crippen LogP contribution is -2.03. The van der Waals surface area contributed by atoms with Crippen molar-refractivity contribution in [1.82, 2.24) is 0 Å². The van der Waals surface area contributed by atoms with Crippen molar-refractivity contribution in [3.05, 3.63) is 143 Å². The van der Waals surface area contributed by atoms with Crippen LogP contribution in [0.15, 0.2) is 109 Å². The van der Waals surface area contributed by atoms with Crippen LogP contribution in [0.1, 0.15) is 43.0 Å². The maximum atomic E-state index is 12.7. The highest BCUT2D eigenvalue weighted by molar-refractivity contribution is 7.48. The first kappa shape index (κ1) is 27.5. The van der Waals surface area contributed by atoms with E-state index in [1.807, 2.05) is 60.7 Å². The summed E-state index contributed by atoms with van der Waals surface area (Å²) in [7, 11) is -4.56. The number of phosphoric acid groups is 1. The van der Waals surface area contributed by atoms with Crippen LogP contribution in [0.2, 0.25) is 0 Å². The lowest BCUT2D eigenvalue weighted by Gasteiger charge is -2.15. The Labute approximate surface area is 227 Å². The third kappa shape index (κ3) is 7.74. The Morgan fingerprint density at radius 1 is 0.641 bits per heavy atom. The number of hydrogen-bond acceptors (Lipinski definition) is 5. The number of ketones is 2. The summed E-state index contributed by atoms with van der Waals surface area (Å²) in [4.78, 5) is 35.6. The first-order chi connectivity index (χ1) is 18.7. The minimum absolute atomic E-state index is 0.0801. The summed E-state index contributed by atoms with van der Waals surface area (Å²) in [5, 5.41) is 0. The molecular weight excluding hydrogens is 511 g/mol.